The third-order valence-electron chi connectivity index (χ3n) is 3.93. The Balaban J connectivity index is 2.49. The van der Waals surface area contributed by atoms with Crippen LogP contribution in [0.5, 0.6) is 0 Å². The van der Waals surface area contributed by atoms with Gasteiger partial charge in [-0.05, 0) is 60.8 Å². The zero-order chi connectivity index (χ0) is 13.9. The zero-order valence-corrected chi connectivity index (χ0v) is 12.3. The molecule has 2 fully saturated rings. The van der Waals surface area contributed by atoms with Crippen LogP contribution < -0.4 is 0 Å². The second-order valence-corrected chi connectivity index (χ2v) is 7.49. The number of hydrogen-bond donors (Lipinski definition) is 0. The third kappa shape index (κ3) is 1.57. The normalized spacial score (nSPS) is 23.9. The summed E-state index contributed by atoms with van der Waals surface area (Å²) in [4.78, 5) is 28.6. The molecular weight excluding hydrogens is 228 g/mol. The van der Waals surface area contributed by atoms with Crippen LogP contribution in [0.3, 0.4) is 0 Å². The van der Waals surface area contributed by atoms with E-state index < -0.39 is 11.1 Å². The monoisotopic (exact) mass is 252 g/mol. The van der Waals surface area contributed by atoms with E-state index in [1.807, 2.05) is 46.4 Å². The molecule has 0 N–H and O–H groups in total. The van der Waals surface area contributed by atoms with Crippen molar-refractivity contribution < 1.29 is 9.59 Å². The molecule has 0 radical (unpaired) electrons. The maximum Gasteiger partial charge on any atom is 0.328 e. The number of carbonyl (C=O) groups is 2. The van der Waals surface area contributed by atoms with Gasteiger partial charge in [0, 0.05) is 11.1 Å². The molecule has 2 aliphatic rings. The van der Waals surface area contributed by atoms with Crippen molar-refractivity contribution in [1.82, 2.24) is 9.80 Å². The Kier molecular flexibility index (Phi) is 2.59. The summed E-state index contributed by atoms with van der Waals surface area (Å²) in [5.74, 6) is 0.00109. The Morgan fingerprint density at radius 2 is 1.44 bits per heavy atom. The molecule has 3 amide bonds. The molecule has 1 aliphatic carbocycles. The Hall–Kier alpha value is -1.06. The minimum absolute atomic E-state index is 0.00109. The summed E-state index contributed by atoms with van der Waals surface area (Å²) in [6.45, 7) is 11.8. The number of amides is 3. The van der Waals surface area contributed by atoms with Crippen LogP contribution >= 0.6 is 0 Å². The number of carbonyl (C=O) groups excluding carboxylic acids is 2. The smallest absolute Gasteiger partial charge is 0.305 e. The van der Waals surface area contributed by atoms with Crippen molar-refractivity contribution >= 4 is 11.9 Å². The van der Waals surface area contributed by atoms with Gasteiger partial charge in [0.2, 0.25) is 0 Å². The molecule has 18 heavy (non-hydrogen) atoms. The van der Waals surface area contributed by atoms with Crippen LogP contribution in [0.4, 0.5) is 4.79 Å². The number of imide groups is 1. The number of hydrogen-bond acceptors (Lipinski definition) is 2. The molecule has 0 aromatic rings. The van der Waals surface area contributed by atoms with Crippen LogP contribution in [0.1, 0.15) is 60.8 Å². The standard InChI is InChI=1S/C14H24N2O2/c1-12(2,3)15-10(17)14(8-7-9-14)16(11(15)18)13(4,5)6/h7-9H2,1-6H3. The van der Waals surface area contributed by atoms with Gasteiger partial charge >= 0.3 is 6.03 Å². The molecule has 1 heterocycles. The van der Waals surface area contributed by atoms with E-state index in [1.54, 1.807) is 0 Å². The Morgan fingerprint density at radius 1 is 0.944 bits per heavy atom. The fourth-order valence-electron chi connectivity index (χ4n) is 3.14. The van der Waals surface area contributed by atoms with Crippen molar-refractivity contribution in [3.63, 3.8) is 0 Å². The minimum Gasteiger partial charge on any atom is -0.305 e. The van der Waals surface area contributed by atoms with Crippen LogP contribution in [0.2, 0.25) is 0 Å². The van der Waals surface area contributed by atoms with E-state index in [1.165, 1.54) is 4.90 Å². The molecule has 1 spiro atoms. The quantitative estimate of drug-likeness (QED) is 0.622. The van der Waals surface area contributed by atoms with Gasteiger partial charge in [-0.3, -0.25) is 9.69 Å². The highest BCUT2D eigenvalue weighted by atomic mass is 16.2. The molecule has 0 aromatic heterocycles. The van der Waals surface area contributed by atoms with Gasteiger partial charge in [-0.25, -0.2) is 4.79 Å². The third-order valence-corrected chi connectivity index (χ3v) is 3.93. The zero-order valence-electron chi connectivity index (χ0n) is 12.3. The highest BCUT2D eigenvalue weighted by Crippen LogP contribution is 2.48. The minimum atomic E-state index is -0.553. The maximum absolute atomic E-state index is 12.7. The SMILES string of the molecule is CC(C)(C)N1C(=O)N(C(C)(C)C)C2(CCC2)C1=O. The summed E-state index contributed by atoms with van der Waals surface area (Å²) >= 11 is 0. The Labute approximate surface area is 109 Å². The second-order valence-electron chi connectivity index (χ2n) is 7.49. The molecule has 1 saturated carbocycles. The lowest BCUT2D eigenvalue weighted by Crippen LogP contribution is -2.61. The highest BCUT2D eigenvalue weighted by Gasteiger charge is 2.64. The van der Waals surface area contributed by atoms with Crippen molar-refractivity contribution in [2.24, 2.45) is 0 Å². The van der Waals surface area contributed by atoms with E-state index in [0.717, 1.165) is 19.3 Å². The van der Waals surface area contributed by atoms with Crippen LogP contribution in [0.25, 0.3) is 0 Å². The van der Waals surface area contributed by atoms with Crippen molar-refractivity contribution in [3.05, 3.63) is 0 Å². The number of rotatable bonds is 0. The summed E-state index contributed by atoms with van der Waals surface area (Å²) in [5, 5.41) is 0. The predicted molar refractivity (Wildman–Crippen MR) is 70.2 cm³/mol. The van der Waals surface area contributed by atoms with E-state index >= 15 is 0 Å². The summed E-state index contributed by atoms with van der Waals surface area (Å²) in [5.41, 5.74) is -1.31. The van der Waals surface area contributed by atoms with Gasteiger partial charge < -0.3 is 4.90 Å². The van der Waals surface area contributed by atoms with Crippen molar-refractivity contribution in [1.29, 1.82) is 0 Å². The largest absolute Gasteiger partial charge is 0.328 e. The molecule has 102 valence electrons. The molecule has 4 nitrogen and oxygen atoms in total. The van der Waals surface area contributed by atoms with Crippen LogP contribution in [-0.2, 0) is 4.79 Å². The fraction of sp³-hybridized carbons (Fsp3) is 0.857. The summed E-state index contributed by atoms with van der Waals surface area (Å²) in [6.07, 6.45) is 2.65. The van der Waals surface area contributed by atoms with E-state index in [2.05, 4.69) is 0 Å². The van der Waals surface area contributed by atoms with E-state index in [0.29, 0.717) is 0 Å². The van der Waals surface area contributed by atoms with Gasteiger partial charge in [-0.2, -0.15) is 0 Å². The van der Waals surface area contributed by atoms with E-state index in [9.17, 15) is 9.59 Å². The summed E-state index contributed by atoms with van der Waals surface area (Å²) in [7, 11) is 0. The van der Waals surface area contributed by atoms with Gasteiger partial charge in [0.25, 0.3) is 5.91 Å². The lowest BCUT2D eigenvalue weighted by Gasteiger charge is -2.48. The predicted octanol–water partition coefficient (Wildman–Crippen LogP) is 2.77. The van der Waals surface area contributed by atoms with Gasteiger partial charge in [0.15, 0.2) is 0 Å². The first kappa shape index (κ1) is 13.4. The lowest BCUT2D eigenvalue weighted by atomic mass is 9.73. The van der Waals surface area contributed by atoms with E-state index in [-0.39, 0.29) is 17.5 Å². The first-order valence-electron chi connectivity index (χ1n) is 6.71. The molecule has 0 atom stereocenters. The first-order chi connectivity index (χ1) is 8.02. The van der Waals surface area contributed by atoms with Crippen molar-refractivity contribution in [2.45, 2.75) is 77.4 Å². The number of nitrogens with zero attached hydrogens (tertiary/aromatic N) is 2. The average molecular weight is 252 g/mol. The fourth-order valence-corrected chi connectivity index (χ4v) is 3.14. The molecule has 1 saturated heterocycles. The van der Waals surface area contributed by atoms with Crippen molar-refractivity contribution in [2.75, 3.05) is 0 Å². The van der Waals surface area contributed by atoms with Crippen molar-refractivity contribution in [3.8, 4) is 0 Å². The Bertz CT molecular complexity index is 397. The second kappa shape index (κ2) is 3.49. The molecule has 0 aromatic carbocycles. The molecule has 4 heteroatoms. The van der Waals surface area contributed by atoms with Gasteiger partial charge in [0.1, 0.15) is 5.54 Å². The molecule has 0 unspecified atom stereocenters. The molecule has 0 bridgehead atoms. The topological polar surface area (TPSA) is 40.6 Å². The summed E-state index contributed by atoms with van der Waals surface area (Å²) in [6, 6.07) is -0.125. The molecule has 2 rings (SSSR count). The Morgan fingerprint density at radius 3 is 1.67 bits per heavy atom. The van der Waals surface area contributed by atoms with Crippen LogP contribution in [0, 0.1) is 0 Å². The number of urea groups is 1. The highest BCUT2D eigenvalue weighted by molar-refractivity contribution is 6.08. The summed E-state index contributed by atoms with van der Waals surface area (Å²) < 4.78 is 0. The van der Waals surface area contributed by atoms with Gasteiger partial charge in [0.05, 0.1) is 0 Å². The lowest BCUT2D eigenvalue weighted by molar-refractivity contribution is -0.141. The maximum atomic E-state index is 12.7. The molecular formula is C14H24N2O2. The van der Waals surface area contributed by atoms with Crippen LogP contribution in [-0.4, -0.2) is 38.4 Å². The average Bonchev–Trinajstić information content (AvgIpc) is 2.29. The van der Waals surface area contributed by atoms with Gasteiger partial charge in [-0.15, -0.1) is 0 Å². The molecule has 1 aliphatic heterocycles. The van der Waals surface area contributed by atoms with Gasteiger partial charge in [-0.1, -0.05) is 0 Å². The van der Waals surface area contributed by atoms with E-state index in [4.69, 9.17) is 0 Å². The van der Waals surface area contributed by atoms with Crippen LogP contribution in [0.15, 0.2) is 0 Å². The first-order valence-corrected chi connectivity index (χ1v) is 6.71.